The standard InChI is InChI=1S/C20H19FN2O6S/c1-28-15-8-7-14-9-17(29-12-13-5-3-2-4-6-13)20(19(21)16(14)10-15)23(11-18(24)25)30(22,26)27/h2-10H,11-12H2,1H3,(H,24,25)(H2,22,26,27). The van der Waals surface area contributed by atoms with Crippen molar-refractivity contribution in [2.45, 2.75) is 6.61 Å². The summed E-state index contributed by atoms with van der Waals surface area (Å²) >= 11 is 0. The van der Waals surface area contributed by atoms with Crippen LogP contribution < -0.4 is 18.9 Å². The molecule has 0 amide bonds. The first-order valence-electron chi connectivity index (χ1n) is 8.70. The molecule has 3 rings (SSSR count). The number of carboxylic acids is 1. The van der Waals surface area contributed by atoms with Gasteiger partial charge in [0.05, 0.1) is 7.11 Å². The van der Waals surface area contributed by atoms with Crippen molar-refractivity contribution in [3.05, 3.63) is 66.0 Å². The molecule has 0 aliphatic carbocycles. The Morgan fingerprint density at radius 3 is 2.47 bits per heavy atom. The van der Waals surface area contributed by atoms with Gasteiger partial charge in [-0.05, 0) is 29.1 Å². The summed E-state index contributed by atoms with van der Waals surface area (Å²) in [5.74, 6) is -2.33. The number of fused-ring (bicyclic) bond motifs is 1. The van der Waals surface area contributed by atoms with Gasteiger partial charge in [0.1, 0.15) is 30.3 Å². The quantitative estimate of drug-likeness (QED) is 0.563. The largest absolute Gasteiger partial charge is 0.497 e. The Morgan fingerprint density at radius 1 is 1.17 bits per heavy atom. The zero-order valence-electron chi connectivity index (χ0n) is 15.9. The smallest absolute Gasteiger partial charge is 0.324 e. The van der Waals surface area contributed by atoms with E-state index in [0.717, 1.165) is 5.56 Å². The molecule has 0 saturated heterocycles. The van der Waals surface area contributed by atoms with E-state index in [9.17, 15) is 13.2 Å². The number of rotatable bonds is 8. The van der Waals surface area contributed by atoms with Crippen LogP contribution in [0.4, 0.5) is 10.1 Å². The highest BCUT2D eigenvalue weighted by atomic mass is 32.2. The Bertz CT molecular complexity index is 1180. The van der Waals surface area contributed by atoms with Crippen LogP contribution in [0.3, 0.4) is 0 Å². The topological polar surface area (TPSA) is 119 Å². The Morgan fingerprint density at radius 2 is 1.87 bits per heavy atom. The number of nitrogens with zero attached hydrogens (tertiary/aromatic N) is 1. The summed E-state index contributed by atoms with van der Waals surface area (Å²) < 4.78 is 50.8. The number of hydrogen-bond acceptors (Lipinski definition) is 5. The van der Waals surface area contributed by atoms with Gasteiger partial charge in [-0.2, -0.15) is 8.42 Å². The summed E-state index contributed by atoms with van der Waals surface area (Å²) in [5.41, 5.74) is 0.163. The summed E-state index contributed by atoms with van der Waals surface area (Å²) in [4.78, 5) is 11.3. The first kappa shape index (κ1) is 21.3. The molecule has 3 N–H and O–H groups in total. The molecule has 0 radical (unpaired) electrons. The summed E-state index contributed by atoms with van der Waals surface area (Å²) in [6.07, 6.45) is 0. The van der Waals surface area contributed by atoms with Crippen LogP contribution in [0, 0.1) is 5.82 Å². The zero-order chi connectivity index (χ0) is 21.9. The van der Waals surface area contributed by atoms with Gasteiger partial charge in [0, 0.05) is 5.39 Å². The van der Waals surface area contributed by atoms with E-state index >= 15 is 4.39 Å². The summed E-state index contributed by atoms with van der Waals surface area (Å²) in [5, 5.41) is 14.8. The second-order valence-corrected chi connectivity index (χ2v) is 7.81. The molecule has 3 aromatic carbocycles. The number of aliphatic carboxylic acids is 1. The van der Waals surface area contributed by atoms with Gasteiger partial charge < -0.3 is 14.6 Å². The molecule has 10 heteroatoms. The highest BCUT2D eigenvalue weighted by molar-refractivity contribution is 7.90. The van der Waals surface area contributed by atoms with E-state index in [-0.39, 0.29) is 22.0 Å². The van der Waals surface area contributed by atoms with Gasteiger partial charge in [-0.3, -0.25) is 4.79 Å². The van der Waals surface area contributed by atoms with Crippen molar-refractivity contribution in [1.82, 2.24) is 0 Å². The molecule has 30 heavy (non-hydrogen) atoms. The maximum Gasteiger partial charge on any atom is 0.324 e. The molecule has 0 fully saturated rings. The van der Waals surface area contributed by atoms with Crippen LogP contribution in [-0.2, 0) is 21.6 Å². The van der Waals surface area contributed by atoms with Gasteiger partial charge >= 0.3 is 5.97 Å². The third-order valence-electron chi connectivity index (χ3n) is 4.30. The van der Waals surface area contributed by atoms with Gasteiger partial charge in [0.25, 0.3) is 10.2 Å². The summed E-state index contributed by atoms with van der Waals surface area (Å²) in [6.45, 7) is -1.08. The van der Waals surface area contributed by atoms with Crippen LogP contribution in [0.15, 0.2) is 54.6 Å². The summed E-state index contributed by atoms with van der Waals surface area (Å²) in [7, 11) is -3.22. The number of carbonyl (C=O) groups is 1. The van der Waals surface area contributed by atoms with Crippen molar-refractivity contribution in [3.8, 4) is 11.5 Å². The molecule has 3 aromatic rings. The number of methoxy groups -OCH3 is 1. The Kier molecular flexibility index (Phi) is 6.09. The van der Waals surface area contributed by atoms with Gasteiger partial charge in [0.15, 0.2) is 5.82 Å². The van der Waals surface area contributed by atoms with Crippen molar-refractivity contribution in [2.24, 2.45) is 5.14 Å². The molecule has 0 heterocycles. The number of carboxylic acid groups (broad SMARTS) is 1. The van der Waals surface area contributed by atoms with Crippen molar-refractivity contribution in [3.63, 3.8) is 0 Å². The second kappa shape index (κ2) is 8.56. The predicted molar refractivity (Wildman–Crippen MR) is 109 cm³/mol. The monoisotopic (exact) mass is 434 g/mol. The van der Waals surface area contributed by atoms with Gasteiger partial charge in [-0.15, -0.1) is 0 Å². The van der Waals surface area contributed by atoms with Crippen LogP contribution >= 0.6 is 0 Å². The Hall–Kier alpha value is -3.37. The fourth-order valence-electron chi connectivity index (χ4n) is 2.92. The van der Waals surface area contributed by atoms with E-state index < -0.39 is 34.2 Å². The number of nitrogens with two attached hydrogens (primary N) is 1. The minimum Gasteiger partial charge on any atom is -0.497 e. The van der Waals surface area contributed by atoms with Crippen LogP contribution in [-0.4, -0.2) is 33.1 Å². The van der Waals surface area contributed by atoms with Gasteiger partial charge in [0.2, 0.25) is 0 Å². The van der Waals surface area contributed by atoms with E-state index in [2.05, 4.69) is 0 Å². The maximum absolute atomic E-state index is 15.5. The Balaban J connectivity index is 2.20. The second-order valence-electron chi connectivity index (χ2n) is 6.34. The van der Waals surface area contributed by atoms with Crippen LogP contribution in [0.25, 0.3) is 10.8 Å². The van der Waals surface area contributed by atoms with Gasteiger partial charge in [-0.25, -0.2) is 13.8 Å². The lowest BCUT2D eigenvalue weighted by Crippen LogP contribution is -2.41. The molecular formula is C20H19FN2O6S. The molecule has 0 atom stereocenters. The van der Waals surface area contributed by atoms with E-state index in [4.69, 9.17) is 19.7 Å². The maximum atomic E-state index is 15.5. The van der Waals surface area contributed by atoms with Crippen molar-refractivity contribution < 1.29 is 32.2 Å². The molecule has 0 aliphatic heterocycles. The molecule has 158 valence electrons. The SMILES string of the molecule is COc1ccc2cc(OCc3ccccc3)c(N(CC(=O)O)S(N)(=O)=O)c(F)c2c1. The predicted octanol–water partition coefficient (Wildman–Crippen LogP) is 2.66. The van der Waals surface area contributed by atoms with Crippen LogP contribution in [0.1, 0.15) is 5.56 Å². The average Bonchev–Trinajstić information content (AvgIpc) is 2.70. The molecular weight excluding hydrogens is 415 g/mol. The number of ether oxygens (including phenoxy) is 2. The molecule has 8 nitrogen and oxygen atoms in total. The molecule has 0 bridgehead atoms. The third-order valence-corrected chi connectivity index (χ3v) is 5.22. The molecule has 0 saturated carbocycles. The van der Waals surface area contributed by atoms with Gasteiger partial charge in [-0.1, -0.05) is 36.4 Å². The zero-order valence-corrected chi connectivity index (χ0v) is 16.7. The lowest BCUT2D eigenvalue weighted by molar-refractivity contribution is -0.135. The molecule has 0 unspecified atom stereocenters. The summed E-state index contributed by atoms with van der Waals surface area (Å²) in [6, 6.07) is 14.9. The van der Waals surface area contributed by atoms with Crippen molar-refractivity contribution in [2.75, 3.05) is 18.0 Å². The van der Waals surface area contributed by atoms with E-state index in [0.29, 0.717) is 11.1 Å². The first-order valence-corrected chi connectivity index (χ1v) is 10.2. The lowest BCUT2D eigenvalue weighted by atomic mass is 10.1. The minimum absolute atomic E-state index is 0.000468. The molecule has 0 spiro atoms. The lowest BCUT2D eigenvalue weighted by Gasteiger charge is -2.24. The third kappa shape index (κ3) is 4.61. The number of benzene rings is 3. The highest BCUT2D eigenvalue weighted by Gasteiger charge is 2.29. The van der Waals surface area contributed by atoms with Crippen LogP contribution in [0.2, 0.25) is 0 Å². The highest BCUT2D eigenvalue weighted by Crippen LogP contribution is 2.39. The number of anilines is 1. The van der Waals surface area contributed by atoms with E-state index in [1.165, 1.54) is 19.2 Å². The van der Waals surface area contributed by atoms with Crippen molar-refractivity contribution in [1.29, 1.82) is 0 Å². The normalized spacial score (nSPS) is 11.3. The van der Waals surface area contributed by atoms with E-state index in [1.54, 1.807) is 36.4 Å². The average molecular weight is 434 g/mol. The Labute approximate surface area is 172 Å². The fraction of sp³-hybridized carbons (Fsp3) is 0.150. The number of halogens is 1. The number of hydrogen-bond donors (Lipinski definition) is 2. The van der Waals surface area contributed by atoms with Crippen molar-refractivity contribution >= 4 is 32.6 Å². The van der Waals surface area contributed by atoms with Crippen LogP contribution in [0.5, 0.6) is 11.5 Å². The minimum atomic E-state index is -4.62. The molecule has 0 aliphatic rings. The first-order chi connectivity index (χ1) is 14.2. The fourth-order valence-corrected chi connectivity index (χ4v) is 3.64. The molecule has 0 aromatic heterocycles. The van der Waals surface area contributed by atoms with E-state index in [1.807, 2.05) is 6.07 Å².